The first-order chi connectivity index (χ1) is 8.86. The molecule has 1 aliphatic rings. The Hall–Kier alpha value is -1.20. The number of nitrogens with zero attached hydrogens (tertiary/aromatic N) is 2. The monoisotopic (exact) mass is 263 g/mol. The van der Waals surface area contributed by atoms with Crippen LogP contribution >= 0.6 is 11.3 Å². The quantitative estimate of drug-likeness (QED) is 0.843. The van der Waals surface area contributed by atoms with E-state index in [2.05, 4.69) is 28.5 Å². The maximum atomic E-state index is 5.68. The van der Waals surface area contributed by atoms with E-state index in [1.807, 2.05) is 0 Å². The highest BCUT2D eigenvalue weighted by Gasteiger charge is 2.18. The molecule has 0 amide bonds. The fraction of sp³-hybridized carbons (Fsp3) is 0.538. The van der Waals surface area contributed by atoms with Crippen LogP contribution in [0.25, 0.3) is 10.8 Å². The molecular formula is C13H17N3OS. The third-order valence-corrected chi connectivity index (χ3v) is 4.35. The largest absolute Gasteiger partial charge is 0.419 e. The summed E-state index contributed by atoms with van der Waals surface area (Å²) in [5.41, 5.74) is 1.47. The lowest BCUT2D eigenvalue weighted by Gasteiger charge is -1.96. The minimum atomic E-state index is 0.659. The first kappa shape index (κ1) is 11.9. The molecule has 0 bridgehead atoms. The zero-order valence-corrected chi connectivity index (χ0v) is 11.3. The van der Waals surface area contributed by atoms with Crippen molar-refractivity contribution in [2.24, 2.45) is 0 Å². The molecule has 2 aromatic rings. The molecule has 3 rings (SSSR count). The molecule has 0 spiro atoms. The van der Waals surface area contributed by atoms with Gasteiger partial charge in [-0.2, -0.15) is 0 Å². The third-order valence-electron chi connectivity index (χ3n) is 3.13. The number of nitrogens with one attached hydrogen (secondary N) is 1. The summed E-state index contributed by atoms with van der Waals surface area (Å²) >= 11 is 1.80. The van der Waals surface area contributed by atoms with Gasteiger partial charge >= 0.3 is 0 Å². The lowest BCUT2D eigenvalue weighted by atomic mass is 10.2. The summed E-state index contributed by atoms with van der Waals surface area (Å²) in [6.07, 6.45) is 4.81. The van der Waals surface area contributed by atoms with Crippen LogP contribution in [0, 0.1) is 0 Å². The van der Waals surface area contributed by atoms with Crippen LogP contribution in [0.3, 0.4) is 0 Å². The van der Waals surface area contributed by atoms with Crippen molar-refractivity contribution < 1.29 is 4.42 Å². The van der Waals surface area contributed by atoms with Gasteiger partial charge in [0.15, 0.2) is 0 Å². The Balaban J connectivity index is 1.72. The average Bonchev–Trinajstić information content (AvgIpc) is 3.02. The number of thiophene rings is 1. The summed E-state index contributed by atoms with van der Waals surface area (Å²) in [5.74, 6) is 1.34. The number of fused-ring (bicyclic) bond motifs is 1. The van der Waals surface area contributed by atoms with Gasteiger partial charge in [0.05, 0.1) is 11.4 Å². The zero-order chi connectivity index (χ0) is 12.4. The number of aromatic nitrogens is 2. The number of aryl methyl sites for hydroxylation is 2. The second-order valence-electron chi connectivity index (χ2n) is 4.59. The highest BCUT2D eigenvalue weighted by atomic mass is 32.1. The van der Waals surface area contributed by atoms with Gasteiger partial charge in [-0.15, -0.1) is 21.5 Å². The van der Waals surface area contributed by atoms with E-state index in [4.69, 9.17) is 4.42 Å². The van der Waals surface area contributed by atoms with Gasteiger partial charge in [0, 0.05) is 4.88 Å². The zero-order valence-electron chi connectivity index (χ0n) is 10.5. The summed E-state index contributed by atoms with van der Waals surface area (Å²) < 4.78 is 5.68. The maximum absolute atomic E-state index is 5.68. The van der Waals surface area contributed by atoms with E-state index in [0.29, 0.717) is 18.3 Å². The van der Waals surface area contributed by atoms with Gasteiger partial charge in [0.25, 0.3) is 5.89 Å². The van der Waals surface area contributed by atoms with Crippen LogP contribution in [0.2, 0.25) is 0 Å². The first-order valence-electron chi connectivity index (χ1n) is 6.52. The highest BCUT2D eigenvalue weighted by molar-refractivity contribution is 7.15. The Kier molecular flexibility index (Phi) is 3.43. The number of hydrogen-bond acceptors (Lipinski definition) is 5. The molecule has 0 saturated carbocycles. The van der Waals surface area contributed by atoms with Gasteiger partial charge in [0.1, 0.15) is 0 Å². The van der Waals surface area contributed by atoms with Crippen molar-refractivity contribution in [2.45, 2.75) is 39.2 Å². The molecule has 1 N–H and O–H groups in total. The van der Waals surface area contributed by atoms with Gasteiger partial charge in [-0.25, -0.2) is 0 Å². The van der Waals surface area contributed by atoms with Crippen LogP contribution in [0.1, 0.15) is 36.1 Å². The van der Waals surface area contributed by atoms with E-state index in [9.17, 15) is 0 Å². The second kappa shape index (κ2) is 5.20. The first-order valence-corrected chi connectivity index (χ1v) is 7.33. The summed E-state index contributed by atoms with van der Waals surface area (Å²) in [6.45, 7) is 3.77. The molecule has 0 radical (unpaired) electrons. The van der Waals surface area contributed by atoms with Crippen LogP contribution in [0.5, 0.6) is 0 Å². The van der Waals surface area contributed by atoms with Crippen molar-refractivity contribution >= 4 is 11.3 Å². The molecule has 0 saturated heterocycles. The highest BCUT2D eigenvalue weighted by Crippen LogP contribution is 2.35. The lowest BCUT2D eigenvalue weighted by Crippen LogP contribution is -2.13. The van der Waals surface area contributed by atoms with Crippen LogP contribution in [0.15, 0.2) is 10.5 Å². The van der Waals surface area contributed by atoms with Crippen molar-refractivity contribution in [1.82, 2.24) is 15.5 Å². The Morgan fingerprint density at radius 3 is 3.17 bits per heavy atom. The smallest absolute Gasteiger partial charge is 0.257 e. The minimum Gasteiger partial charge on any atom is -0.419 e. The normalized spacial score (nSPS) is 14.1. The van der Waals surface area contributed by atoms with Crippen molar-refractivity contribution in [3.63, 3.8) is 0 Å². The summed E-state index contributed by atoms with van der Waals surface area (Å²) in [7, 11) is 0. The topological polar surface area (TPSA) is 51.0 Å². The number of rotatable bonds is 5. The predicted octanol–water partition coefficient (Wildman–Crippen LogP) is 2.79. The SMILES string of the molecule is CCCNCc1nnc(-c2cc3c(s2)CCC3)o1. The molecule has 18 heavy (non-hydrogen) atoms. The van der Waals surface area contributed by atoms with E-state index < -0.39 is 0 Å². The maximum Gasteiger partial charge on any atom is 0.257 e. The molecule has 0 fully saturated rings. The van der Waals surface area contributed by atoms with Gasteiger partial charge in [-0.3, -0.25) is 0 Å². The molecule has 96 valence electrons. The van der Waals surface area contributed by atoms with Crippen LogP contribution in [-0.2, 0) is 19.4 Å². The molecular weight excluding hydrogens is 246 g/mol. The average molecular weight is 263 g/mol. The van der Waals surface area contributed by atoms with Gasteiger partial charge in [-0.1, -0.05) is 6.92 Å². The fourth-order valence-electron chi connectivity index (χ4n) is 2.23. The Labute approximate surface area is 110 Å². The van der Waals surface area contributed by atoms with E-state index in [1.165, 1.54) is 29.7 Å². The summed E-state index contributed by atoms with van der Waals surface area (Å²) in [6, 6.07) is 2.21. The second-order valence-corrected chi connectivity index (χ2v) is 5.73. The molecule has 0 unspecified atom stereocenters. The third kappa shape index (κ3) is 2.33. The van der Waals surface area contributed by atoms with Crippen molar-refractivity contribution in [2.75, 3.05) is 6.54 Å². The predicted molar refractivity (Wildman–Crippen MR) is 71.6 cm³/mol. The van der Waals surface area contributed by atoms with Crippen molar-refractivity contribution in [1.29, 1.82) is 0 Å². The van der Waals surface area contributed by atoms with Gasteiger partial charge in [-0.05, 0) is 43.9 Å². The van der Waals surface area contributed by atoms with Crippen LogP contribution in [-0.4, -0.2) is 16.7 Å². The van der Waals surface area contributed by atoms with E-state index in [0.717, 1.165) is 17.8 Å². The molecule has 0 atom stereocenters. The number of hydrogen-bond donors (Lipinski definition) is 1. The molecule has 4 nitrogen and oxygen atoms in total. The molecule has 5 heteroatoms. The van der Waals surface area contributed by atoms with Gasteiger partial charge in [0.2, 0.25) is 5.89 Å². The molecule has 2 heterocycles. The Morgan fingerprint density at radius 2 is 2.33 bits per heavy atom. The molecule has 1 aliphatic carbocycles. The lowest BCUT2D eigenvalue weighted by molar-refractivity contribution is 0.478. The van der Waals surface area contributed by atoms with Crippen molar-refractivity contribution in [3.8, 4) is 10.8 Å². The Bertz CT molecular complexity index is 511. The Morgan fingerprint density at radius 1 is 1.39 bits per heavy atom. The summed E-state index contributed by atoms with van der Waals surface area (Å²) in [4.78, 5) is 2.61. The minimum absolute atomic E-state index is 0.659. The summed E-state index contributed by atoms with van der Waals surface area (Å²) in [5, 5.41) is 11.5. The van der Waals surface area contributed by atoms with E-state index in [1.54, 1.807) is 11.3 Å². The van der Waals surface area contributed by atoms with Gasteiger partial charge < -0.3 is 9.73 Å². The van der Waals surface area contributed by atoms with Crippen molar-refractivity contribution in [3.05, 3.63) is 22.4 Å². The standard InChI is InChI=1S/C13H17N3OS/c1-2-6-14-8-12-15-16-13(17-12)11-7-9-4-3-5-10(9)18-11/h7,14H,2-6,8H2,1H3. The fourth-order valence-corrected chi connectivity index (χ4v) is 3.41. The van der Waals surface area contributed by atoms with Crippen LogP contribution in [0.4, 0.5) is 0 Å². The molecule has 2 aromatic heterocycles. The van der Waals surface area contributed by atoms with E-state index >= 15 is 0 Å². The van der Waals surface area contributed by atoms with E-state index in [-0.39, 0.29) is 0 Å². The van der Waals surface area contributed by atoms with Crippen LogP contribution < -0.4 is 5.32 Å². The molecule has 0 aromatic carbocycles. The molecule has 0 aliphatic heterocycles.